The molecule has 1 N–H and O–H groups in total. The van der Waals surface area contributed by atoms with Crippen molar-refractivity contribution in [1.29, 1.82) is 0 Å². The lowest BCUT2D eigenvalue weighted by molar-refractivity contribution is 0.174. The van der Waals surface area contributed by atoms with Gasteiger partial charge in [0.1, 0.15) is 0 Å². The van der Waals surface area contributed by atoms with Gasteiger partial charge in [0, 0.05) is 44.8 Å². The van der Waals surface area contributed by atoms with Gasteiger partial charge in [0.15, 0.2) is 0 Å². The molecule has 3 nitrogen and oxygen atoms in total. The van der Waals surface area contributed by atoms with Gasteiger partial charge in [-0.3, -0.25) is 4.90 Å². The first-order valence-corrected chi connectivity index (χ1v) is 8.46. The fraction of sp³-hybridized carbons (Fsp3) is 0.647. The minimum Gasteiger partial charge on any atom is -0.368 e. The second-order valence-corrected chi connectivity index (χ2v) is 6.51. The van der Waals surface area contributed by atoms with Crippen molar-refractivity contribution in [2.24, 2.45) is 0 Å². The smallest absolute Gasteiger partial charge is 0.0639 e. The lowest BCUT2D eigenvalue weighted by atomic mass is 10.1. The molecule has 0 bridgehead atoms. The summed E-state index contributed by atoms with van der Waals surface area (Å²) in [5.41, 5.74) is 1.17. The first-order chi connectivity index (χ1) is 10.1. The van der Waals surface area contributed by atoms with Crippen LogP contribution in [0, 0.1) is 0 Å². The summed E-state index contributed by atoms with van der Waals surface area (Å²) in [6, 6.07) is 9.35. The van der Waals surface area contributed by atoms with Crippen LogP contribution < -0.4 is 10.2 Å². The van der Waals surface area contributed by atoms with Crippen molar-refractivity contribution < 1.29 is 0 Å². The molecule has 0 saturated carbocycles. The normalized spacial score (nSPS) is 18.2. The van der Waals surface area contributed by atoms with Crippen LogP contribution in [0.1, 0.15) is 27.2 Å². The Morgan fingerprint density at radius 2 is 1.81 bits per heavy atom. The summed E-state index contributed by atoms with van der Waals surface area (Å²) in [7, 11) is 0. The minimum atomic E-state index is 0.559. The van der Waals surface area contributed by atoms with E-state index in [1.807, 2.05) is 12.1 Å². The van der Waals surface area contributed by atoms with Crippen LogP contribution in [-0.2, 0) is 0 Å². The van der Waals surface area contributed by atoms with Crippen molar-refractivity contribution in [3.8, 4) is 0 Å². The van der Waals surface area contributed by atoms with Gasteiger partial charge in [-0.2, -0.15) is 0 Å². The molecular weight excluding hydrogens is 282 g/mol. The Morgan fingerprint density at radius 1 is 1.14 bits per heavy atom. The molecule has 1 fully saturated rings. The van der Waals surface area contributed by atoms with Gasteiger partial charge in [0.25, 0.3) is 0 Å². The maximum atomic E-state index is 6.30. The van der Waals surface area contributed by atoms with Crippen LogP contribution in [0.5, 0.6) is 0 Å². The average Bonchev–Trinajstić information content (AvgIpc) is 2.49. The van der Waals surface area contributed by atoms with Gasteiger partial charge in [-0.15, -0.1) is 0 Å². The summed E-state index contributed by atoms with van der Waals surface area (Å²) in [4.78, 5) is 5.02. The Kier molecular flexibility index (Phi) is 6.34. The topological polar surface area (TPSA) is 18.5 Å². The number of halogens is 1. The van der Waals surface area contributed by atoms with E-state index in [0.717, 1.165) is 37.7 Å². The SMILES string of the molecule is CCC(CNC(C)C)N1CCN(c2ccccc2Cl)CC1. The molecule has 1 unspecified atom stereocenters. The minimum absolute atomic E-state index is 0.559. The molecule has 0 aliphatic carbocycles. The fourth-order valence-electron chi connectivity index (χ4n) is 2.94. The predicted molar refractivity (Wildman–Crippen MR) is 92.5 cm³/mol. The molecule has 1 aliphatic rings. The van der Waals surface area contributed by atoms with E-state index in [4.69, 9.17) is 11.6 Å². The summed E-state index contributed by atoms with van der Waals surface area (Å²) in [6.07, 6.45) is 1.20. The fourth-order valence-corrected chi connectivity index (χ4v) is 3.19. The standard InChI is InChI=1S/C17H28ClN3/c1-4-15(13-19-14(2)3)20-9-11-21(12-10-20)17-8-6-5-7-16(17)18/h5-8,14-15,19H,4,9-13H2,1-3H3. The number of hydrogen-bond donors (Lipinski definition) is 1. The molecule has 118 valence electrons. The first-order valence-electron chi connectivity index (χ1n) is 8.08. The van der Waals surface area contributed by atoms with E-state index in [1.165, 1.54) is 12.1 Å². The highest BCUT2D eigenvalue weighted by molar-refractivity contribution is 6.33. The Bertz CT molecular complexity index is 428. The van der Waals surface area contributed by atoms with E-state index in [2.05, 4.69) is 48.0 Å². The van der Waals surface area contributed by atoms with E-state index < -0.39 is 0 Å². The number of nitrogens with zero attached hydrogens (tertiary/aromatic N) is 2. The molecule has 0 radical (unpaired) electrons. The molecule has 1 aromatic rings. The molecule has 1 saturated heterocycles. The molecule has 0 amide bonds. The Hall–Kier alpha value is -0.770. The highest BCUT2D eigenvalue weighted by atomic mass is 35.5. The Morgan fingerprint density at radius 3 is 2.38 bits per heavy atom. The molecule has 21 heavy (non-hydrogen) atoms. The highest BCUT2D eigenvalue weighted by Crippen LogP contribution is 2.26. The Labute approximate surface area is 134 Å². The number of rotatable bonds is 6. The van der Waals surface area contributed by atoms with Crippen molar-refractivity contribution in [3.05, 3.63) is 29.3 Å². The van der Waals surface area contributed by atoms with Crippen LogP contribution in [0.4, 0.5) is 5.69 Å². The molecule has 0 spiro atoms. The van der Waals surface area contributed by atoms with E-state index in [0.29, 0.717) is 12.1 Å². The van der Waals surface area contributed by atoms with E-state index >= 15 is 0 Å². The average molecular weight is 310 g/mol. The van der Waals surface area contributed by atoms with Gasteiger partial charge in [0.05, 0.1) is 10.7 Å². The summed E-state index contributed by atoms with van der Waals surface area (Å²) in [6.45, 7) is 12.1. The molecule has 1 atom stereocenters. The van der Waals surface area contributed by atoms with Gasteiger partial charge < -0.3 is 10.2 Å². The molecule has 1 aliphatic heterocycles. The quantitative estimate of drug-likeness (QED) is 0.870. The zero-order valence-corrected chi connectivity index (χ0v) is 14.2. The van der Waals surface area contributed by atoms with Gasteiger partial charge in [-0.05, 0) is 18.6 Å². The van der Waals surface area contributed by atoms with E-state index in [9.17, 15) is 0 Å². The lowest BCUT2D eigenvalue weighted by Gasteiger charge is -2.40. The monoisotopic (exact) mass is 309 g/mol. The molecule has 4 heteroatoms. The number of piperazine rings is 1. The lowest BCUT2D eigenvalue weighted by Crippen LogP contribution is -2.53. The van der Waals surface area contributed by atoms with E-state index in [-0.39, 0.29) is 0 Å². The summed E-state index contributed by atoms with van der Waals surface area (Å²) in [5.74, 6) is 0. The van der Waals surface area contributed by atoms with Crippen LogP contribution in [-0.4, -0.2) is 49.7 Å². The van der Waals surface area contributed by atoms with Crippen molar-refractivity contribution in [2.45, 2.75) is 39.3 Å². The largest absolute Gasteiger partial charge is 0.368 e. The third-order valence-electron chi connectivity index (χ3n) is 4.26. The second-order valence-electron chi connectivity index (χ2n) is 6.10. The van der Waals surface area contributed by atoms with Crippen LogP contribution in [0.2, 0.25) is 5.02 Å². The van der Waals surface area contributed by atoms with Crippen molar-refractivity contribution in [3.63, 3.8) is 0 Å². The maximum absolute atomic E-state index is 6.30. The third-order valence-corrected chi connectivity index (χ3v) is 4.58. The summed E-state index contributed by atoms with van der Waals surface area (Å²) in [5, 5.41) is 4.43. The number of para-hydroxylation sites is 1. The van der Waals surface area contributed by atoms with Crippen LogP contribution in [0.25, 0.3) is 0 Å². The van der Waals surface area contributed by atoms with Gasteiger partial charge >= 0.3 is 0 Å². The molecule has 1 aromatic carbocycles. The highest BCUT2D eigenvalue weighted by Gasteiger charge is 2.23. The molecular formula is C17H28ClN3. The number of nitrogens with one attached hydrogen (secondary N) is 1. The summed E-state index contributed by atoms with van der Waals surface area (Å²) >= 11 is 6.30. The van der Waals surface area contributed by atoms with E-state index in [1.54, 1.807) is 0 Å². The molecule has 2 rings (SSSR count). The number of benzene rings is 1. The van der Waals surface area contributed by atoms with Gasteiger partial charge in [-0.25, -0.2) is 0 Å². The molecule has 1 heterocycles. The second kappa shape index (κ2) is 8.02. The van der Waals surface area contributed by atoms with Crippen molar-refractivity contribution in [1.82, 2.24) is 10.2 Å². The number of hydrogen-bond acceptors (Lipinski definition) is 3. The van der Waals surface area contributed by atoms with Crippen molar-refractivity contribution >= 4 is 17.3 Å². The van der Waals surface area contributed by atoms with Crippen molar-refractivity contribution in [2.75, 3.05) is 37.6 Å². The molecule has 0 aromatic heterocycles. The van der Waals surface area contributed by atoms with Crippen LogP contribution >= 0.6 is 11.6 Å². The van der Waals surface area contributed by atoms with Crippen LogP contribution in [0.15, 0.2) is 24.3 Å². The third kappa shape index (κ3) is 4.60. The first kappa shape index (κ1) is 16.6. The van der Waals surface area contributed by atoms with Gasteiger partial charge in [0.2, 0.25) is 0 Å². The van der Waals surface area contributed by atoms with Crippen LogP contribution in [0.3, 0.4) is 0 Å². The zero-order valence-electron chi connectivity index (χ0n) is 13.5. The summed E-state index contributed by atoms with van der Waals surface area (Å²) < 4.78 is 0. The zero-order chi connectivity index (χ0) is 15.2. The number of anilines is 1. The maximum Gasteiger partial charge on any atom is 0.0639 e. The van der Waals surface area contributed by atoms with Gasteiger partial charge in [-0.1, -0.05) is 44.5 Å². The predicted octanol–water partition coefficient (Wildman–Crippen LogP) is 3.24. The Balaban J connectivity index is 1.89.